The number of hydrogen-bond acceptors (Lipinski definition) is 6. The summed E-state index contributed by atoms with van der Waals surface area (Å²) in [5, 5.41) is 20.5. The largest absolute Gasteiger partial charge is 0.493 e. The predicted octanol–water partition coefficient (Wildman–Crippen LogP) is 3.83. The zero-order valence-corrected chi connectivity index (χ0v) is 19.4. The van der Waals surface area contributed by atoms with Crippen LogP contribution < -0.4 is 4.74 Å². The lowest BCUT2D eigenvalue weighted by atomic mass is 10.00. The lowest BCUT2D eigenvalue weighted by Gasteiger charge is -2.32. The molecule has 4 atom stereocenters. The van der Waals surface area contributed by atoms with Crippen molar-refractivity contribution >= 4 is 21.4 Å². The first-order valence-corrected chi connectivity index (χ1v) is 12.4. The van der Waals surface area contributed by atoms with Gasteiger partial charge in [0.2, 0.25) is 0 Å². The summed E-state index contributed by atoms with van der Waals surface area (Å²) >= 11 is 6.10. The number of halogens is 1. The summed E-state index contributed by atoms with van der Waals surface area (Å²) in [6, 6.07) is 13.6. The van der Waals surface area contributed by atoms with Crippen LogP contribution in [0.25, 0.3) is 0 Å². The van der Waals surface area contributed by atoms with E-state index in [4.69, 9.17) is 21.6 Å². The average Bonchev–Trinajstić information content (AvgIpc) is 3.10. The second-order valence-electron chi connectivity index (χ2n) is 8.27. The number of rotatable bonds is 7. The summed E-state index contributed by atoms with van der Waals surface area (Å²) < 4.78 is 29.0. The van der Waals surface area contributed by atoms with Crippen molar-refractivity contribution in [1.82, 2.24) is 4.90 Å². The quantitative estimate of drug-likeness (QED) is 0.672. The molecule has 3 rings (SSSR count). The van der Waals surface area contributed by atoms with Crippen LogP contribution in [0.4, 0.5) is 0 Å². The van der Waals surface area contributed by atoms with Crippen LogP contribution in [0.2, 0.25) is 5.02 Å². The predicted molar refractivity (Wildman–Crippen MR) is 120 cm³/mol. The fraction of sp³-hybridized carbons (Fsp3) is 0.435. The van der Waals surface area contributed by atoms with Crippen LogP contribution in [0.3, 0.4) is 0 Å². The Morgan fingerprint density at radius 2 is 1.97 bits per heavy atom. The second kappa shape index (κ2) is 9.58. The third kappa shape index (κ3) is 5.78. The van der Waals surface area contributed by atoms with Gasteiger partial charge in [-0.05, 0) is 68.3 Å². The molecule has 6 nitrogen and oxygen atoms in total. The van der Waals surface area contributed by atoms with Crippen molar-refractivity contribution < 1.29 is 18.3 Å². The number of aliphatic hydroxyl groups excluding tert-OH is 1. The summed E-state index contributed by atoms with van der Waals surface area (Å²) in [5.74, 6) is 0.919. The van der Waals surface area contributed by atoms with Gasteiger partial charge in [-0.25, -0.2) is 8.42 Å². The van der Waals surface area contributed by atoms with E-state index in [0.717, 1.165) is 13.0 Å². The number of likely N-dealkylation sites (tertiary alicyclic amines) is 1. The van der Waals surface area contributed by atoms with Gasteiger partial charge in [0.1, 0.15) is 5.75 Å². The van der Waals surface area contributed by atoms with Gasteiger partial charge < -0.3 is 9.84 Å². The average molecular weight is 463 g/mol. The van der Waals surface area contributed by atoms with Gasteiger partial charge in [0.15, 0.2) is 9.84 Å². The molecule has 8 heteroatoms. The normalized spacial score (nSPS) is 21.4. The molecule has 4 unspecified atom stereocenters. The second-order valence-corrected chi connectivity index (χ2v) is 10.7. The van der Waals surface area contributed by atoms with E-state index in [-0.39, 0.29) is 22.9 Å². The van der Waals surface area contributed by atoms with Gasteiger partial charge in [0.05, 0.1) is 29.2 Å². The first-order valence-electron chi connectivity index (χ1n) is 10.2. The number of hydrogen-bond donors (Lipinski definition) is 1. The smallest absolute Gasteiger partial charge is 0.175 e. The molecule has 1 aliphatic heterocycles. The fourth-order valence-corrected chi connectivity index (χ4v) is 5.04. The minimum atomic E-state index is -3.22. The van der Waals surface area contributed by atoms with Crippen LogP contribution in [0.15, 0.2) is 47.4 Å². The summed E-state index contributed by atoms with van der Waals surface area (Å²) in [7, 11) is -3.22. The Balaban J connectivity index is 1.61. The first-order chi connectivity index (χ1) is 14.6. The van der Waals surface area contributed by atoms with Crippen molar-refractivity contribution in [1.29, 1.82) is 5.26 Å². The highest BCUT2D eigenvalue weighted by molar-refractivity contribution is 7.90. The number of aliphatic hydroxyl groups is 1. The Morgan fingerprint density at radius 3 is 2.58 bits per heavy atom. The number of sulfone groups is 1. The molecule has 0 aliphatic carbocycles. The van der Waals surface area contributed by atoms with Crippen LogP contribution in [0.1, 0.15) is 37.5 Å². The molecule has 1 aliphatic rings. The molecule has 0 aromatic heterocycles. The third-order valence-electron chi connectivity index (χ3n) is 5.82. The summed E-state index contributed by atoms with van der Waals surface area (Å²) in [6.45, 7) is 5.38. The molecular weight excluding hydrogens is 436 g/mol. The van der Waals surface area contributed by atoms with Gasteiger partial charge >= 0.3 is 0 Å². The van der Waals surface area contributed by atoms with Gasteiger partial charge in [-0.2, -0.15) is 5.26 Å². The van der Waals surface area contributed by atoms with Crippen molar-refractivity contribution in [2.45, 2.75) is 43.4 Å². The summed E-state index contributed by atoms with van der Waals surface area (Å²) in [5.41, 5.74) is 1.06. The summed E-state index contributed by atoms with van der Waals surface area (Å²) in [4.78, 5) is 2.52. The van der Waals surface area contributed by atoms with Gasteiger partial charge in [-0.3, -0.25) is 4.90 Å². The van der Waals surface area contributed by atoms with Gasteiger partial charge in [-0.15, -0.1) is 0 Å². The van der Waals surface area contributed by atoms with Crippen molar-refractivity contribution in [3.8, 4) is 11.8 Å². The highest BCUT2D eigenvalue weighted by atomic mass is 35.5. The Morgan fingerprint density at radius 1 is 1.29 bits per heavy atom. The number of benzene rings is 2. The zero-order valence-electron chi connectivity index (χ0n) is 17.8. The van der Waals surface area contributed by atoms with E-state index in [9.17, 15) is 13.5 Å². The first kappa shape index (κ1) is 23.6. The van der Waals surface area contributed by atoms with Crippen molar-refractivity contribution in [3.05, 3.63) is 58.6 Å². The Labute approximate surface area is 188 Å². The van der Waals surface area contributed by atoms with Crippen LogP contribution in [0, 0.1) is 17.2 Å². The number of nitriles is 1. The molecule has 0 spiro atoms. The number of ether oxygens (including phenoxy) is 1. The van der Waals surface area contributed by atoms with Crippen LogP contribution in [0.5, 0.6) is 5.75 Å². The van der Waals surface area contributed by atoms with Crippen molar-refractivity contribution in [2.75, 3.05) is 19.4 Å². The molecule has 1 N–H and O–H groups in total. The fourth-order valence-electron chi connectivity index (χ4n) is 4.16. The number of nitrogens with zero attached hydrogens (tertiary/aromatic N) is 2. The van der Waals surface area contributed by atoms with E-state index >= 15 is 0 Å². The van der Waals surface area contributed by atoms with E-state index in [1.54, 1.807) is 42.5 Å². The highest BCUT2D eigenvalue weighted by Crippen LogP contribution is 2.32. The van der Waals surface area contributed by atoms with E-state index in [1.165, 1.54) is 6.26 Å². The van der Waals surface area contributed by atoms with E-state index in [2.05, 4.69) is 17.9 Å². The molecule has 0 radical (unpaired) electrons. The van der Waals surface area contributed by atoms with Crippen molar-refractivity contribution in [2.24, 2.45) is 5.92 Å². The molecule has 166 valence electrons. The topological polar surface area (TPSA) is 90.6 Å². The molecule has 31 heavy (non-hydrogen) atoms. The molecule has 2 aromatic rings. The van der Waals surface area contributed by atoms with E-state index < -0.39 is 15.9 Å². The Kier molecular flexibility index (Phi) is 7.28. The molecule has 1 saturated heterocycles. The zero-order chi connectivity index (χ0) is 22.8. The molecule has 0 amide bonds. The lowest BCUT2D eigenvalue weighted by Crippen LogP contribution is -2.40. The molecule has 0 bridgehead atoms. The minimum absolute atomic E-state index is 0.154. The maximum Gasteiger partial charge on any atom is 0.175 e. The monoisotopic (exact) mass is 462 g/mol. The standard InChI is InChI=1S/C23H27ClN2O4S/c1-15-8-18(14-30-21-4-6-22(7-5-21)31(3,28)29)13-26(15)16(2)23(27)19-9-17(12-25)10-20(24)11-19/h4-7,9-11,15-16,18,23,27H,8,13-14H2,1-3H3. The lowest BCUT2D eigenvalue weighted by molar-refractivity contribution is 0.0517. The molecule has 2 aromatic carbocycles. The van der Waals surface area contributed by atoms with Gasteiger partial charge in [0.25, 0.3) is 0 Å². The third-order valence-corrected chi connectivity index (χ3v) is 7.16. The highest BCUT2D eigenvalue weighted by Gasteiger charge is 2.35. The van der Waals surface area contributed by atoms with Crippen LogP contribution in [-0.4, -0.2) is 49.9 Å². The van der Waals surface area contributed by atoms with Crippen LogP contribution >= 0.6 is 11.6 Å². The SMILES string of the molecule is CC1CC(COc2ccc(S(C)(=O)=O)cc2)CN1C(C)C(O)c1cc(Cl)cc(C#N)c1. The molecule has 1 heterocycles. The maximum atomic E-state index is 11.6. The summed E-state index contributed by atoms with van der Waals surface area (Å²) in [6.07, 6.45) is 1.34. The van der Waals surface area contributed by atoms with Crippen LogP contribution in [-0.2, 0) is 9.84 Å². The molecule has 0 saturated carbocycles. The van der Waals surface area contributed by atoms with E-state index in [1.807, 2.05) is 6.92 Å². The molecular formula is C23H27ClN2O4S. The van der Waals surface area contributed by atoms with Gasteiger partial charge in [-0.1, -0.05) is 11.6 Å². The Hall–Kier alpha value is -2.11. The Bertz CT molecular complexity index is 1070. The van der Waals surface area contributed by atoms with Gasteiger partial charge in [0, 0.05) is 35.8 Å². The van der Waals surface area contributed by atoms with Crippen molar-refractivity contribution in [3.63, 3.8) is 0 Å². The maximum absolute atomic E-state index is 11.6. The minimum Gasteiger partial charge on any atom is -0.493 e. The van der Waals surface area contributed by atoms with E-state index in [0.29, 0.717) is 28.5 Å². The molecule has 1 fully saturated rings.